The second-order valence-corrected chi connectivity index (χ2v) is 10.5. The number of aromatic nitrogens is 1. The summed E-state index contributed by atoms with van der Waals surface area (Å²) in [5.41, 5.74) is 4.38. The van der Waals surface area contributed by atoms with Gasteiger partial charge in [-0.05, 0) is 54.4 Å². The van der Waals surface area contributed by atoms with E-state index >= 15 is 0 Å². The highest BCUT2D eigenvalue weighted by atomic mass is 32.2. The molecule has 36 heavy (non-hydrogen) atoms. The number of hydrogen-bond acceptors (Lipinski definition) is 3. The van der Waals surface area contributed by atoms with Gasteiger partial charge in [-0.25, -0.2) is 4.99 Å². The number of thioether (sulfide) groups is 1. The van der Waals surface area contributed by atoms with E-state index in [9.17, 15) is 4.79 Å². The molecule has 0 unspecified atom stereocenters. The molecule has 1 aliphatic heterocycles. The van der Waals surface area contributed by atoms with Gasteiger partial charge in [-0.1, -0.05) is 86.0 Å². The number of fused-ring (bicyclic) bond motifs is 1. The number of benzene rings is 3. The van der Waals surface area contributed by atoms with Crippen molar-refractivity contribution >= 4 is 45.5 Å². The van der Waals surface area contributed by atoms with Gasteiger partial charge in [0.05, 0.1) is 10.6 Å². The van der Waals surface area contributed by atoms with E-state index in [-0.39, 0.29) is 11.9 Å². The Morgan fingerprint density at radius 1 is 0.861 bits per heavy atom. The van der Waals surface area contributed by atoms with Crippen molar-refractivity contribution < 1.29 is 4.79 Å². The van der Waals surface area contributed by atoms with E-state index in [1.54, 1.807) is 0 Å². The van der Waals surface area contributed by atoms with Crippen LogP contribution in [0.25, 0.3) is 17.0 Å². The van der Waals surface area contributed by atoms with Gasteiger partial charge >= 0.3 is 0 Å². The molecule has 6 rings (SSSR count). The zero-order valence-electron chi connectivity index (χ0n) is 20.2. The van der Waals surface area contributed by atoms with Gasteiger partial charge < -0.3 is 4.57 Å². The van der Waals surface area contributed by atoms with Crippen molar-refractivity contribution in [3.8, 4) is 0 Å². The zero-order chi connectivity index (χ0) is 24.3. The molecular formula is C31H29N3OS. The Morgan fingerprint density at radius 3 is 2.33 bits per heavy atom. The number of nitrogens with zero attached hydrogens (tertiary/aromatic N) is 3. The van der Waals surface area contributed by atoms with Gasteiger partial charge in [0.1, 0.15) is 0 Å². The van der Waals surface area contributed by atoms with Crippen LogP contribution in [0.15, 0.2) is 101 Å². The van der Waals surface area contributed by atoms with E-state index in [1.807, 2.05) is 41.3 Å². The molecule has 1 amide bonds. The molecule has 0 spiro atoms. The number of amides is 1. The molecule has 0 radical (unpaired) electrons. The lowest BCUT2D eigenvalue weighted by Gasteiger charge is -2.30. The summed E-state index contributed by atoms with van der Waals surface area (Å²) < 4.78 is 2.28. The van der Waals surface area contributed by atoms with Gasteiger partial charge in [-0.3, -0.25) is 9.69 Å². The first-order valence-corrected chi connectivity index (χ1v) is 13.6. The summed E-state index contributed by atoms with van der Waals surface area (Å²) in [7, 11) is 0. The van der Waals surface area contributed by atoms with Crippen LogP contribution in [-0.2, 0) is 11.3 Å². The van der Waals surface area contributed by atoms with Gasteiger partial charge in [0.2, 0.25) is 0 Å². The van der Waals surface area contributed by atoms with Gasteiger partial charge in [-0.15, -0.1) is 0 Å². The Balaban J connectivity index is 1.39. The average molecular weight is 492 g/mol. The first-order valence-electron chi connectivity index (χ1n) is 12.7. The topological polar surface area (TPSA) is 37.6 Å². The number of para-hydroxylation sites is 2. The molecule has 180 valence electrons. The number of amidine groups is 1. The normalized spacial score (nSPS) is 19.1. The van der Waals surface area contributed by atoms with Gasteiger partial charge in [0.25, 0.3) is 5.91 Å². The van der Waals surface area contributed by atoms with Gasteiger partial charge in [0, 0.05) is 35.2 Å². The number of hydrogen-bond donors (Lipinski definition) is 0. The molecule has 3 aromatic carbocycles. The highest BCUT2D eigenvalue weighted by molar-refractivity contribution is 8.18. The SMILES string of the molecule is O=C1C(=Cc2cn(Cc3ccccc3)c3ccccc23)SC(=Nc2ccccc2)N1C1CCCCC1. The highest BCUT2D eigenvalue weighted by Gasteiger charge is 2.38. The van der Waals surface area contributed by atoms with Crippen molar-refractivity contribution in [3.05, 3.63) is 107 Å². The van der Waals surface area contributed by atoms with Crippen molar-refractivity contribution in [1.82, 2.24) is 9.47 Å². The summed E-state index contributed by atoms with van der Waals surface area (Å²) in [6.07, 6.45) is 9.93. The summed E-state index contributed by atoms with van der Waals surface area (Å²) in [6.45, 7) is 0.792. The smallest absolute Gasteiger partial charge is 0.267 e. The van der Waals surface area contributed by atoms with Crippen LogP contribution in [0.2, 0.25) is 0 Å². The molecule has 1 saturated heterocycles. The number of carbonyl (C=O) groups is 1. The Morgan fingerprint density at radius 2 is 1.56 bits per heavy atom. The summed E-state index contributed by atoms with van der Waals surface area (Å²) >= 11 is 1.51. The second-order valence-electron chi connectivity index (χ2n) is 9.52. The molecule has 1 aromatic heterocycles. The third-order valence-electron chi connectivity index (χ3n) is 7.06. The lowest BCUT2D eigenvalue weighted by Crippen LogP contribution is -2.40. The first kappa shape index (κ1) is 22.9. The highest BCUT2D eigenvalue weighted by Crippen LogP contribution is 2.39. The molecule has 4 nitrogen and oxygen atoms in total. The Kier molecular flexibility index (Phi) is 6.48. The van der Waals surface area contributed by atoms with Crippen LogP contribution in [-0.4, -0.2) is 26.6 Å². The summed E-state index contributed by atoms with van der Waals surface area (Å²) in [5, 5.41) is 1.96. The van der Waals surface area contributed by atoms with Crippen molar-refractivity contribution in [3.63, 3.8) is 0 Å². The predicted octanol–water partition coefficient (Wildman–Crippen LogP) is 7.63. The van der Waals surface area contributed by atoms with E-state index in [4.69, 9.17) is 4.99 Å². The van der Waals surface area contributed by atoms with Crippen molar-refractivity contribution in [1.29, 1.82) is 0 Å². The Hall–Kier alpha value is -3.57. The molecule has 4 aromatic rings. The monoisotopic (exact) mass is 491 g/mol. The van der Waals surface area contributed by atoms with E-state index < -0.39 is 0 Å². The van der Waals surface area contributed by atoms with E-state index in [0.29, 0.717) is 0 Å². The van der Waals surface area contributed by atoms with Gasteiger partial charge in [-0.2, -0.15) is 0 Å². The van der Waals surface area contributed by atoms with Crippen LogP contribution >= 0.6 is 11.8 Å². The van der Waals surface area contributed by atoms with E-state index in [2.05, 4.69) is 65.4 Å². The van der Waals surface area contributed by atoms with Crippen LogP contribution in [0.5, 0.6) is 0 Å². The maximum absolute atomic E-state index is 13.8. The molecule has 1 saturated carbocycles. The fourth-order valence-electron chi connectivity index (χ4n) is 5.28. The van der Waals surface area contributed by atoms with Crippen molar-refractivity contribution in [2.45, 2.75) is 44.7 Å². The summed E-state index contributed by atoms with van der Waals surface area (Å²) in [6, 6.07) is 29.1. The molecular weight excluding hydrogens is 462 g/mol. The lowest BCUT2D eigenvalue weighted by molar-refractivity contribution is -0.124. The predicted molar refractivity (Wildman–Crippen MR) is 150 cm³/mol. The number of rotatable bonds is 5. The van der Waals surface area contributed by atoms with Crippen LogP contribution in [0.4, 0.5) is 5.69 Å². The van der Waals surface area contributed by atoms with E-state index in [0.717, 1.165) is 46.1 Å². The summed E-state index contributed by atoms with van der Waals surface area (Å²) in [4.78, 5) is 21.4. The molecule has 2 heterocycles. The quantitative estimate of drug-likeness (QED) is 0.269. The maximum Gasteiger partial charge on any atom is 0.267 e. The standard InChI is InChI=1S/C31H29N3OS/c35-30-29(36-31(32-25-14-6-2-7-15-25)34(30)26-16-8-3-9-17-26)20-24-22-33(21-23-12-4-1-5-13-23)28-19-11-10-18-27(24)28/h1-2,4-7,10-15,18-20,22,26H,3,8-9,16-17,21H2. The second kappa shape index (κ2) is 10.2. The fourth-order valence-corrected chi connectivity index (χ4v) is 6.33. The fraction of sp³-hybridized carbons (Fsp3) is 0.226. The lowest BCUT2D eigenvalue weighted by atomic mass is 9.94. The summed E-state index contributed by atoms with van der Waals surface area (Å²) in [5.74, 6) is 0.0847. The van der Waals surface area contributed by atoms with Crippen LogP contribution in [0.3, 0.4) is 0 Å². The Bertz CT molecular complexity index is 1430. The van der Waals surface area contributed by atoms with Gasteiger partial charge in [0.15, 0.2) is 5.17 Å². The molecule has 2 aliphatic rings. The van der Waals surface area contributed by atoms with Crippen LogP contribution < -0.4 is 0 Å². The average Bonchev–Trinajstić information content (AvgIpc) is 3.42. The zero-order valence-corrected chi connectivity index (χ0v) is 21.0. The first-order chi connectivity index (χ1) is 17.8. The Labute approximate surface area is 216 Å². The van der Waals surface area contributed by atoms with E-state index in [1.165, 1.54) is 42.1 Å². The minimum absolute atomic E-state index is 0.0847. The third kappa shape index (κ3) is 4.63. The van der Waals surface area contributed by atoms with Crippen molar-refractivity contribution in [2.75, 3.05) is 0 Å². The van der Waals surface area contributed by atoms with Crippen molar-refractivity contribution in [2.24, 2.45) is 4.99 Å². The molecule has 0 atom stereocenters. The minimum atomic E-state index is 0.0847. The largest absolute Gasteiger partial charge is 0.342 e. The molecule has 0 bridgehead atoms. The molecule has 2 fully saturated rings. The maximum atomic E-state index is 13.8. The third-order valence-corrected chi connectivity index (χ3v) is 8.04. The minimum Gasteiger partial charge on any atom is -0.342 e. The molecule has 0 N–H and O–H groups in total. The number of aliphatic imine (C=N–C) groups is 1. The van der Waals surface area contributed by atoms with Crippen LogP contribution in [0.1, 0.15) is 43.2 Å². The molecule has 5 heteroatoms. The number of carbonyl (C=O) groups excluding carboxylic acids is 1. The van der Waals surface area contributed by atoms with Crippen LogP contribution in [0, 0.1) is 0 Å². The molecule has 1 aliphatic carbocycles.